The Balaban J connectivity index is 1.50. The summed E-state index contributed by atoms with van der Waals surface area (Å²) in [6, 6.07) is 6.28. The highest BCUT2D eigenvalue weighted by molar-refractivity contribution is 8.14. The van der Waals surface area contributed by atoms with Gasteiger partial charge in [-0.05, 0) is 58.6 Å². The maximum atomic E-state index is 13.9. The zero-order valence-electron chi connectivity index (χ0n) is 21.1. The van der Waals surface area contributed by atoms with Gasteiger partial charge < -0.3 is 15.5 Å². The zero-order valence-corrected chi connectivity index (χ0v) is 21.9. The Morgan fingerprint density at radius 1 is 1.11 bits per heavy atom. The number of nitrogens with one attached hydrogen (secondary N) is 2. The lowest BCUT2D eigenvalue weighted by Crippen LogP contribution is -2.57. The molecule has 35 heavy (non-hydrogen) atoms. The Morgan fingerprint density at radius 3 is 2.60 bits per heavy atom. The average Bonchev–Trinajstić information content (AvgIpc) is 3.56. The second-order valence-electron chi connectivity index (χ2n) is 10.1. The van der Waals surface area contributed by atoms with Crippen molar-refractivity contribution in [3.05, 3.63) is 35.4 Å². The minimum Gasteiger partial charge on any atom is -0.343 e. The third-order valence-electron chi connectivity index (χ3n) is 7.61. The number of hydrogen-bond donors (Lipinski definition) is 2. The van der Waals surface area contributed by atoms with Crippen molar-refractivity contribution in [2.45, 2.75) is 83.0 Å². The van der Waals surface area contributed by atoms with Crippen LogP contribution in [0.3, 0.4) is 0 Å². The second kappa shape index (κ2) is 11.7. The fraction of sp³-hybridized carbons (Fsp3) is 0.630. The summed E-state index contributed by atoms with van der Waals surface area (Å²) in [6.45, 7) is 4.46. The number of Topliss-reactive ketones (excluding diaryl/α,β-unsaturated/α-hetero) is 1. The van der Waals surface area contributed by atoms with Crippen LogP contribution in [-0.2, 0) is 9.59 Å². The number of rotatable bonds is 8. The van der Waals surface area contributed by atoms with Crippen molar-refractivity contribution in [1.29, 1.82) is 0 Å². The first kappa shape index (κ1) is 25.9. The first-order valence-corrected chi connectivity index (χ1v) is 14.0. The van der Waals surface area contributed by atoms with E-state index < -0.39 is 12.1 Å². The van der Waals surface area contributed by atoms with E-state index in [1.54, 1.807) is 18.8 Å². The SMILES string of the molecule is CNC(C)C(=O)NC(C(=O)N1CCCC1C1=NC(C(=O)c2cccc(C)c2)CS1)C1CCCCC1. The third kappa shape index (κ3) is 5.97. The van der Waals surface area contributed by atoms with E-state index in [1.807, 2.05) is 43.0 Å². The van der Waals surface area contributed by atoms with Gasteiger partial charge in [0, 0.05) is 17.9 Å². The molecule has 3 aliphatic rings. The van der Waals surface area contributed by atoms with Gasteiger partial charge in [0.1, 0.15) is 12.1 Å². The molecule has 2 amide bonds. The minimum atomic E-state index is -0.504. The molecule has 8 heteroatoms. The van der Waals surface area contributed by atoms with Crippen LogP contribution in [0, 0.1) is 12.8 Å². The Labute approximate surface area is 212 Å². The number of likely N-dealkylation sites (N-methyl/N-ethyl adjacent to an activating group) is 1. The van der Waals surface area contributed by atoms with Gasteiger partial charge in [0.05, 0.1) is 17.1 Å². The van der Waals surface area contributed by atoms with E-state index in [0.717, 1.165) is 49.1 Å². The number of amides is 2. The fourth-order valence-corrected chi connectivity index (χ4v) is 6.62. The van der Waals surface area contributed by atoms with Gasteiger partial charge in [0.2, 0.25) is 11.8 Å². The van der Waals surface area contributed by atoms with Crippen molar-refractivity contribution in [2.24, 2.45) is 10.9 Å². The molecule has 2 heterocycles. The van der Waals surface area contributed by atoms with Gasteiger partial charge in [0.25, 0.3) is 0 Å². The van der Waals surface area contributed by atoms with Crippen LogP contribution in [0.1, 0.15) is 67.8 Å². The second-order valence-corrected chi connectivity index (χ2v) is 11.2. The van der Waals surface area contributed by atoms with Crippen molar-refractivity contribution >= 4 is 34.4 Å². The molecule has 2 N–H and O–H groups in total. The molecule has 1 aliphatic carbocycles. The van der Waals surface area contributed by atoms with Crippen molar-refractivity contribution in [1.82, 2.24) is 15.5 Å². The Hall–Kier alpha value is -2.19. The summed E-state index contributed by atoms with van der Waals surface area (Å²) in [5.41, 5.74) is 1.75. The standard InChI is InChI=1S/C27H38N4O3S/c1-17-9-7-12-20(15-17)24(32)21-16-35-26(29-21)22-13-8-14-31(22)27(34)23(19-10-5-4-6-11-19)30-25(33)18(2)28-3/h7,9,12,15,18-19,21-23,28H,4-6,8,10-11,13-14,16H2,1-3H3,(H,30,33). The topological polar surface area (TPSA) is 90.9 Å². The van der Waals surface area contributed by atoms with E-state index >= 15 is 0 Å². The normalized spacial score (nSPS) is 24.7. The molecule has 1 saturated carbocycles. The molecule has 1 saturated heterocycles. The first-order chi connectivity index (χ1) is 16.9. The van der Waals surface area contributed by atoms with Gasteiger partial charge in [0.15, 0.2) is 5.78 Å². The van der Waals surface area contributed by atoms with E-state index in [2.05, 4.69) is 10.6 Å². The zero-order chi connectivity index (χ0) is 24.9. The lowest BCUT2D eigenvalue weighted by Gasteiger charge is -2.35. The fourth-order valence-electron chi connectivity index (χ4n) is 5.42. The molecule has 1 aromatic rings. The van der Waals surface area contributed by atoms with Gasteiger partial charge in [-0.25, -0.2) is 0 Å². The molecule has 4 rings (SSSR count). The van der Waals surface area contributed by atoms with Crippen molar-refractivity contribution < 1.29 is 14.4 Å². The van der Waals surface area contributed by atoms with Crippen LogP contribution in [-0.4, -0.2) is 71.1 Å². The van der Waals surface area contributed by atoms with E-state index in [4.69, 9.17) is 4.99 Å². The van der Waals surface area contributed by atoms with Crippen molar-refractivity contribution in [3.8, 4) is 0 Å². The molecule has 2 aliphatic heterocycles. The molecule has 0 radical (unpaired) electrons. The van der Waals surface area contributed by atoms with Gasteiger partial charge in [-0.1, -0.05) is 43.0 Å². The lowest BCUT2D eigenvalue weighted by molar-refractivity contribution is -0.138. The number of thioether (sulfide) groups is 1. The molecule has 1 aromatic carbocycles. The molecule has 0 bridgehead atoms. The molecule has 4 unspecified atom stereocenters. The summed E-state index contributed by atoms with van der Waals surface area (Å²) in [5.74, 6) is 0.694. The van der Waals surface area contributed by atoms with E-state index in [1.165, 1.54) is 6.42 Å². The number of likely N-dealkylation sites (tertiary alicyclic amines) is 1. The summed E-state index contributed by atoms with van der Waals surface area (Å²) in [5, 5.41) is 6.95. The smallest absolute Gasteiger partial charge is 0.246 e. The monoisotopic (exact) mass is 498 g/mol. The summed E-state index contributed by atoms with van der Waals surface area (Å²) >= 11 is 1.60. The maximum absolute atomic E-state index is 13.9. The summed E-state index contributed by atoms with van der Waals surface area (Å²) < 4.78 is 0. The van der Waals surface area contributed by atoms with Crippen LogP contribution >= 0.6 is 11.8 Å². The Morgan fingerprint density at radius 2 is 1.89 bits per heavy atom. The summed E-state index contributed by atoms with van der Waals surface area (Å²) in [7, 11) is 1.75. The first-order valence-electron chi connectivity index (χ1n) is 13.0. The molecule has 4 atom stereocenters. The van der Waals surface area contributed by atoms with Crippen LogP contribution in [0.25, 0.3) is 0 Å². The van der Waals surface area contributed by atoms with E-state index in [9.17, 15) is 14.4 Å². The van der Waals surface area contributed by atoms with Crippen LogP contribution in [0.2, 0.25) is 0 Å². The molecule has 0 spiro atoms. The number of ketones is 1. The molecule has 190 valence electrons. The van der Waals surface area contributed by atoms with Crippen LogP contribution in [0.5, 0.6) is 0 Å². The predicted octanol–water partition coefficient (Wildman–Crippen LogP) is 3.36. The van der Waals surface area contributed by atoms with Gasteiger partial charge in [-0.15, -0.1) is 11.8 Å². The maximum Gasteiger partial charge on any atom is 0.246 e. The lowest BCUT2D eigenvalue weighted by atomic mass is 9.83. The number of aryl methyl sites for hydroxylation is 1. The predicted molar refractivity (Wildman–Crippen MR) is 141 cm³/mol. The minimum absolute atomic E-state index is 0.00723. The summed E-state index contributed by atoms with van der Waals surface area (Å²) in [6.07, 6.45) is 7.07. The van der Waals surface area contributed by atoms with Crippen LogP contribution in [0.15, 0.2) is 29.3 Å². The molecular formula is C27H38N4O3S. The van der Waals surface area contributed by atoms with Crippen LogP contribution in [0.4, 0.5) is 0 Å². The Kier molecular flexibility index (Phi) is 8.65. The summed E-state index contributed by atoms with van der Waals surface area (Å²) in [4.78, 5) is 46.4. The number of carbonyl (C=O) groups is 3. The van der Waals surface area contributed by atoms with Gasteiger partial charge >= 0.3 is 0 Å². The highest BCUT2D eigenvalue weighted by Gasteiger charge is 2.42. The number of nitrogens with zero attached hydrogens (tertiary/aromatic N) is 2. The number of aliphatic imine (C=N–C) groups is 1. The van der Waals surface area contributed by atoms with Gasteiger partial charge in [-0.2, -0.15) is 0 Å². The molecular weight excluding hydrogens is 460 g/mol. The average molecular weight is 499 g/mol. The molecule has 0 aromatic heterocycles. The third-order valence-corrected chi connectivity index (χ3v) is 8.77. The largest absolute Gasteiger partial charge is 0.343 e. The van der Waals surface area contributed by atoms with E-state index in [-0.39, 0.29) is 35.6 Å². The number of carbonyl (C=O) groups excluding carboxylic acids is 3. The quantitative estimate of drug-likeness (QED) is 0.537. The number of benzene rings is 1. The van der Waals surface area contributed by atoms with Crippen molar-refractivity contribution in [2.75, 3.05) is 19.3 Å². The Bertz CT molecular complexity index is 975. The van der Waals surface area contributed by atoms with Crippen molar-refractivity contribution in [3.63, 3.8) is 0 Å². The van der Waals surface area contributed by atoms with Crippen LogP contribution < -0.4 is 10.6 Å². The van der Waals surface area contributed by atoms with E-state index in [0.29, 0.717) is 17.9 Å². The molecule has 7 nitrogen and oxygen atoms in total. The highest BCUT2D eigenvalue weighted by Crippen LogP contribution is 2.33. The highest BCUT2D eigenvalue weighted by atomic mass is 32.2. The number of hydrogen-bond acceptors (Lipinski definition) is 6. The molecule has 2 fully saturated rings. The van der Waals surface area contributed by atoms with Gasteiger partial charge in [-0.3, -0.25) is 19.4 Å².